The molecule has 0 saturated carbocycles. The van der Waals surface area contributed by atoms with Gasteiger partial charge in [-0.05, 0) is 0 Å². The molecule has 0 radical (unpaired) electrons. The zero-order chi connectivity index (χ0) is 15.4. The van der Waals surface area contributed by atoms with Crippen LogP contribution in [0.4, 0.5) is 0 Å². The summed E-state index contributed by atoms with van der Waals surface area (Å²) in [6, 6.07) is 0. The van der Waals surface area contributed by atoms with Gasteiger partial charge in [0.1, 0.15) is 0 Å². The van der Waals surface area contributed by atoms with Gasteiger partial charge in [0.25, 0.3) is 0 Å². The summed E-state index contributed by atoms with van der Waals surface area (Å²) < 4.78 is 9.41. The van der Waals surface area contributed by atoms with Crippen molar-refractivity contribution in [3.05, 3.63) is 0 Å². The molecule has 20 heavy (non-hydrogen) atoms. The van der Waals surface area contributed by atoms with Crippen molar-refractivity contribution in [2.75, 3.05) is 7.11 Å². The number of carbonyl (C=O) groups is 1. The molecule has 4 heteroatoms. The van der Waals surface area contributed by atoms with Crippen LogP contribution in [-0.2, 0) is 9.53 Å². The van der Waals surface area contributed by atoms with Crippen molar-refractivity contribution in [1.29, 1.82) is 0 Å². The monoisotopic (exact) mass is 410 g/mol. The Morgan fingerprint density at radius 3 is 1.70 bits per heavy atom. The molecule has 1 atom stereocenters. The zero-order valence-corrected chi connectivity index (χ0v) is 17.7. The molecule has 0 aromatic rings. The number of ether oxygens (including phenoxy) is 1. The Morgan fingerprint density at radius 2 is 1.40 bits per heavy atom. The van der Waals surface area contributed by atoms with E-state index >= 15 is 0 Å². The van der Waals surface area contributed by atoms with Crippen LogP contribution in [0.5, 0.6) is 0 Å². The molecule has 0 aliphatic carbocycles. The first-order valence-electron chi connectivity index (χ1n) is 8.31. The summed E-state index contributed by atoms with van der Waals surface area (Å²) in [4.78, 5) is 11.7. The van der Waals surface area contributed by atoms with Crippen molar-refractivity contribution < 1.29 is 9.53 Å². The molecule has 0 fully saturated rings. The Morgan fingerprint density at radius 1 is 1.00 bits per heavy atom. The summed E-state index contributed by atoms with van der Waals surface area (Å²) in [6.07, 6.45) is 8.28. The SMILES string of the molecule is CCC[CH2][Sn]([CH2]CCC)([CH2]CCC)[CH](S)CC(=O)OC. The molecule has 0 heterocycles. The quantitative estimate of drug-likeness (QED) is 0.271. The zero-order valence-electron chi connectivity index (χ0n) is 13.9. The first kappa shape index (κ1) is 20.6. The Balaban J connectivity index is 4.94. The Bertz CT molecular complexity index is 237. The number of methoxy groups -OCH3 is 1. The molecular weight excluding hydrogens is 375 g/mol. The summed E-state index contributed by atoms with van der Waals surface area (Å²) >= 11 is 2.57. The fraction of sp³-hybridized carbons (Fsp3) is 0.938. The topological polar surface area (TPSA) is 26.3 Å². The number of carbonyl (C=O) groups excluding carboxylic acids is 1. The van der Waals surface area contributed by atoms with Gasteiger partial charge < -0.3 is 0 Å². The summed E-state index contributed by atoms with van der Waals surface area (Å²) in [7, 11) is 1.49. The number of esters is 1. The third-order valence-electron chi connectivity index (χ3n) is 4.38. The molecule has 1 unspecified atom stereocenters. The molecular formula is C16H34O2SSn. The Labute approximate surface area is 135 Å². The van der Waals surface area contributed by atoms with Crippen molar-refractivity contribution >= 4 is 37.0 Å². The van der Waals surface area contributed by atoms with E-state index in [1.807, 2.05) is 0 Å². The molecule has 0 bridgehead atoms. The molecule has 0 aliphatic heterocycles. The molecule has 0 aromatic heterocycles. The first-order valence-corrected chi connectivity index (χ1v) is 16.5. The first-order chi connectivity index (χ1) is 9.56. The third-order valence-corrected chi connectivity index (χ3v) is 24.4. The van der Waals surface area contributed by atoms with Crippen LogP contribution in [-0.4, -0.2) is 34.7 Å². The van der Waals surface area contributed by atoms with E-state index < -0.39 is 18.4 Å². The minimum atomic E-state index is -2.34. The van der Waals surface area contributed by atoms with Gasteiger partial charge in [0.05, 0.1) is 0 Å². The molecule has 0 aliphatic rings. The summed E-state index contributed by atoms with van der Waals surface area (Å²) in [5.41, 5.74) is 0. The molecule has 0 spiro atoms. The minimum absolute atomic E-state index is 0.0735. The Hall–Kier alpha value is 0.619. The fourth-order valence-corrected chi connectivity index (χ4v) is 21.4. The van der Waals surface area contributed by atoms with Gasteiger partial charge in [-0.1, -0.05) is 0 Å². The van der Waals surface area contributed by atoms with Crippen LogP contribution in [0.1, 0.15) is 65.7 Å². The molecule has 120 valence electrons. The van der Waals surface area contributed by atoms with Gasteiger partial charge >= 0.3 is 136 Å². The predicted molar refractivity (Wildman–Crippen MR) is 94.3 cm³/mol. The van der Waals surface area contributed by atoms with Crippen LogP contribution in [0, 0.1) is 0 Å². The average molecular weight is 409 g/mol. The van der Waals surface area contributed by atoms with Gasteiger partial charge in [-0.2, -0.15) is 0 Å². The number of hydrogen-bond donors (Lipinski definition) is 1. The van der Waals surface area contributed by atoms with Crippen LogP contribution < -0.4 is 0 Å². The number of rotatable bonds is 12. The maximum atomic E-state index is 11.7. The molecule has 0 N–H and O–H groups in total. The van der Waals surface area contributed by atoms with E-state index in [0.717, 1.165) is 0 Å². The van der Waals surface area contributed by atoms with Gasteiger partial charge in [0.15, 0.2) is 0 Å². The van der Waals surface area contributed by atoms with Crippen LogP contribution in [0.2, 0.25) is 13.3 Å². The van der Waals surface area contributed by atoms with Crippen LogP contribution in [0.25, 0.3) is 0 Å². The van der Waals surface area contributed by atoms with Crippen molar-refractivity contribution in [1.82, 2.24) is 0 Å². The molecule has 0 amide bonds. The Kier molecular flexibility index (Phi) is 12.6. The summed E-state index contributed by atoms with van der Waals surface area (Å²) in [5, 5.41) is 0. The molecule has 0 saturated heterocycles. The van der Waals surface area contributed by atoms with Crippen molar-refractivity contribution in [3.63, 3.8) is 0 Å². The fourth-order valence-electron chi connectivity index (χ4n) is 2.92. The van der Waals surface area contributed by atoms with E-state index in [9.17, 15) is 4.79 Å². The van der Waals surface area contributed by atoms with E-state index in [1.165, 1.54) is 58.9 Å². The van der Waals surface area contributed by atoms with Crippen LogP contribution in [0.15, 0.2) is 0 Å². The maximum absolute atomic E-state index is 11.7. The summed E-state index contributed by atoms with van der Waals surface area (Å²) in [6.45, 7) is 6.80. The van der Waals surface area contributed by atoms with Gasteiger partial charge in [-0.25, -0.2) is 0 Å². The standard InChI is InChI=1S/C4H7O2S.3C4H9.Sn/c1-6-4(5)2-3-7;3*1-3-4-2;/h3,7H,2H2,1H3;3*1,3-4H2,2H3;. The van der Waals surface area contributed by atoms with Crippen molar-refractivity contribution in [2.45, 2.75) is 82.3 Å². The molecule has 0 aromatic carbocycles. The van der Waals surface area contributed by atoms with Crippen molar-refractivity contribution in [3.8, 4) is 0 Å². The van der Waals surface area contributed by atoms with E-state index in [2.05, 4.69) is 20.8 Å². The number of unbranched alkanes of at least 4 members (excludes halogenated alkanes) is 3. The van der Waals surface area contributed by atoms with E-state index in [4.69, 9.17) is 17.4 Å². The third kappa shape index (κ3) is 7.58. The number of hydrogen-bond acceptors (Lipinski definition) is 3. The average Bonchev–Trinajstić information content (AvgIpc) is 2.46. The molecule has 0 rings (SSSR count). The van der Waals surface area contributed by atoms with Crippen LogP contribution >= 0.6 is 12.6 Å². The number of thiol groups is 1. The summed E-state index contributed by atoms with van der Waals surface area (Å²) in [5.74, 6) is -0.0735. The van der Waals surface area contributed by atoms with E-state index in [-0.39, 0.29) is 5.97 Å². The van der Waals surface area contributed by atoms with Crippen molar-refractivity contribution in [2.24, 2.45) is 0 Å². The van der Waals surface area contributed by atoms with E-state index in [0.29, 0.717) is 9.69 Å². The van der Waals surface area contributed by atoms with Gasteiger partial charge in [-0.15, -0.1) is 0 Å². The second-order valence-electron chi connectivity index (χ2n) is 5.97. The van der Waals surface area contributed by atoms with Gasteiger partial charge in [0.2, 0.25) is 0 Å². The predicted octanol–water partition coefficient (Wildman–Crippen LogP) is 5.24. The second kappa shape index (κ2) is 12.2. The normalized spacial score (nSPS) is 13.2. The second-order valence-corrected chi connectivity index (χ2v) is 22.0. The van der Waals surface area contributed by atoms with E-state index in [1.54, 1.807) is 0 Å². The van der Waals surface area contributed by atoms with Gasteiger partial charge in [0, 0.05) is 0 Å². The molecule has 2 nitrogen and oxygen atoms in total. The van der Waals surface area contributed by atoms with Gasteiger partial charge in [-0.3, -0.25) is 0 Å². The van der Waals surface area contributed by atoms with Crippen LogP contribution in [0.3, 0.4) is 0 Å².